The zero-order chi connectivity index (χ0) is 17.5. The van der Waals surface area contributed by atoms with E-state index < -0.39 is 0 Å². The summed E-state index contributed by atoms with van der Waals surface area (Å²) in [5.74, 6) is 0.444. The number of anilines is 1. The van der Waals surface area contributed by atoms with Gasteiger partial charge in [0.1, 0.15) is 0 Å². The van der Waals surface area contributed by atoms with Crippen molar-refractivity contribution in [3.05, 3.63) is 76.9 Å². The van der Waals surface area contributed by atoms with Crippen molar-refractivity contribution in [3.8, 4) is 0 Å². The van der Waals surface area contributed by atoms with E-state index in [1.165, 1.54) is 12.4 Å². The van der Waals surface area contributed by atoms with Gasteiger partial charge in [0, 0.05) is 18.1 Å². The number of hydrogen-bond donors (Lipinski definition) is 0. The van der Waals surface area contributed by atoms with E-state index in [1.54, 1.807) is 0 Å². The zero-order valence-electron chi connectivity index (χ0n) is 13.9. The Balaban J connectivity index is 2.62. The van der Waals surface area contributed by atoms with Gasteiger partial charge in [-0.25, -0.2) is 9.97 Å². The van der Waals surface area contributed by atoms with Crippen molar-refractivity contribution in [3.63, 3.8) is 0 Å². The molecule has 1 heterocycles. The molecule has 0 bridgehead atoms. The van der Waals surface area contributed by atoms with Crippen LogP contribution in [0.15, 0.2) is 71.4 Å². The Labute approximate surface area is 147 Å². The van der Waals surface area contributed by atoms with Crippen LogP contribution in [0.5, 0.6) is 0 Å². The minimum atomic E-state index is 0.423. The van der Waals surface area contributed by atoms with Crippen molar-refractivity contribution in [1.29, 1.82) is 0 Å². The summed E-state index contributed by atoms with van der Waals surface area (Å²) >= 11 is 6.49. The van der Waals surface area contributed by atoms with Gasteiger partial charge in [-0.15, -0.1) is 0 Å². The van der Waals surface area contributed by atoms with Crippen LogP contribution in [0, 0.1) is 0 Å². The Morgan fingerprint density at radius 2 is 2.04 bits per heavy atom. The summed E-state index contributed by atoms with van der Waals surface area (Å²) < 4.78 is 0. The van der Waals surface area contributed by atoms with Gasteiger partial charge in [-0.1, -0.05) is 36.4 Å². The lowest BCUT2D eigenvalue weighted by Crippen LogP contribution is -2.25. The van der Waals surface area contributed by atoms with Crippen LogP contribution in [0.3, 0.4) is 0 Å². The van der Waals surface area contributed by atoms with E-state index in [0.717, 1.165) is 36.1 Å². The molecule has 0 N–H and O–H groups in total. The SMILES string of the molecule is C=C(C)/C(=C(Cl)\C=C/C)N(C1=CCCC=C1)c1ncc(C=O)cn1. The van der Waals surface area contributed by atoms with Gasteiger partial charge in [-0.2, -0.15) is 0 Å². The first-order chi connectivity index (χ1) is 11.6. The molecule has 0 atom stereocenters. The highest BCUT2D eigenvalue weighted by atomic mass is 35.5. The first kappa shape index (κ1) is 17.9. The van der Waals surface area contributed by atoms with Crippen molar-refractivity contribution in [2.45, 2.75) is 26.7 Å². The minimum Gasteiger partial charge on any atom is -0.298 e. The van der Waals surface area contributed by atoms with Crippen molar-refractivity contribution >= 4 is 23.8 Å². The normalized spacial score (nSPS) is 15.0. The molecule has 1 aromatic rings. The molecule has 0 spiro atoms. The number of aldehydes is 1. The lowest BCUT2D eigenvalue weighted by atomic mass is 10.1. The Kier molecular flexibility index (Phi) is 6.27. The molecule has 24 heavy (non-hydrogen) atoms. The number of aromatic nitrogens is 2. The number of halogens is 1. The third-order valence-electron chi connectivity index (χ3n) is 3.39. The first-order valence-electron chi connectivity index (χ1n) is 7.71. The van der Waals surface area contributed by atoms with Gasteiger partial charge in [0.2, 0.25) is 5.95 Å². The standard InChI is InChI=1S/C19H20ClN3O/c1-4-8-17(20)18(14(2)3)23(16-9-6-5-7-10-16)19-21-11-15(13-24)12-22-19/h4,6,8-13H,2,5,7H2,1,3H3/b8-4-,18-17-. The first-order valence-corrected chi connectivity index (χ1v) is 8.08. The van der Waals surface area contributed by atoms with Crippen molar-refractivity contribution in [1.82, 2.24) is 9.97 Å². The molecule has 0 aliphatic heterocycles. The largest absolute Gasteiger partial charge is 0.298 e. The summed E-state index contributed by atoms with van der Waals surface area (Å²) in [6.07, 6.45) is 15.5. The number of carbonyl (C=O) groups excluding carboxylic acids is 1. The van der Waals surface area contributed by atoms with E-state index in [0.29, 0.717) is 16.5 Å². The molecule has 124 valence electrons. The lowest BCUT2D eigenvalue weighted by Gasteiger charge is -2.28. The second kappa shape index (κ2) is 8.41. The fourth-order valence-electron chi connectivity index (χ4n) is 2.34. The summed E-state index contributed by atoms with van der Waals surface area (Å²) in [4.78, 5) is 21.4. The molecule has 1 aromatic heterocycles. The fraction of sp³-hybridized carbons (Fsp3) is 0.211. The average molecular weight is 342 g/mol. The molecular formula is C19H20ClN3O. The van der Waals surface area contributed by atoms with Gasteiger partial charge in [-0.05, 0) is 44.4 Å². The average Bonchev–Trinajstić information content (AvgIpc) is 2.60. The quantitative estimate of drug-likeness (QED) is 0.543. The predicted molar refractivity (Wildman–Crippen MR) is 98.9 cm³/mol. The molecule has 0 radical (unpaired) electrons. The molecule has 0 saturated heterocycles. The van der Waals surface area contributed by atoms with Gasteiger partial charge >= 0.3 is 0 Å². The summed E-state index contributed by atoms with van der Waals surface area (Å²) in [6, 6.07) is 0. The lowest BCUT2D eigenvalue weighted by molar-refractivity contribution is 0.112. The Morgan fingerprint density at radius 3 is 2.54 bits per heavy atom. The second-order valence-electron chi connectivity index (χ2n) is 5.36. The van der Waals surface area contributed by atoms with Gasteiger partial charge < -0.3 is 0 Å². The topological polar surface area (TPSA) is 46.1 Å². The van der Waals surface area contributed by atoms with Crippen LogP contribution < -0.4 is 4.90 Å². The van der Waals surface area contributed by atoms with Crippen LogP contribution in [0.25, 0.3) is 0 Å². The number of nitrogens with zero attached hydrogens (tertiary/aromatic N) is 3. The highest BCUT2D eigenvalue weighted by molar-refractivity contribution is 6.32. The highest BCUT2D eigenvalue weighted by Crippen LogP contribution is 2.31. The summed E-state index contributed by atoms with van der Waals surface area (Å²) in [5.41, 5.74) is 2.88. The third-order valence-corrected chi connectivity index (χ3v) is 3.70. The van der Waals surface area contributed by atoms with Crippen molar-refractivity contribution in [2.24, 2.45) is 0 Å². The summed E-state index contributed by atoms with van der Waals surface area (Å²) in [7, 11) is 0. The van der Waals surface area contributed by atoms with E-state index in [4.69, 9.17) is 11.6 Å². The monoisotopic (exact) mass is 341 g/mol. The molecule has 1 aliphatic carbocycles. The minimum absolute atomic E-state index is 0.423. The van der Waals surface area contributed by atoms with E-state index in [2.05, 4.69) is 28.7 Å². The Morgan fingerprint density at radius 1 is 1.33 bits per heavy atom. The molecule has 0 saturated carbocycles. The van der Waals surface area contributed by atoms with Gasteiger partial charge in [-0.3, -0.25) is 9.69 Å². The highest BCUT2D eigenvalue weighted by Gasteiger charge is 2.22. The van der Waals surface area contributed by atoms with E-state index in [1.807, 2.05) is 37.0 Å². The van der Waals surface area contributed by atoms with Crippen molar-refractivity contribution in [2.75, 3.05) is 4.90 Å². The van der Waals surface area contributed by atoms with Crippen LogP contribution in [0.4, 0.5) is 5.95 Å². The zero-order valence-corrected chi connectivity index (χ0v) is 14.6. The van der Waals surface area contributed by atoms with Crippen LogP contribution in [0.2, 0.25) is 0 Å². The number of carbonyl (C=O) groups is 1. The van der Waals surface area contributed by atoms with Crippen LogP contribution in [0.1, 0.15) is 37.0 Å². The van der Waals surface area contributed by atoms with Gasteiger partial charge in [0.05, 0.1) is 16.3 Å². The van der Waals surface area contributed by atoms with E-state index in [9.17, 15) is 4.79 Å². The maximum atomic E-state index is 10.9. The number of rotatable bonds is 6. The maximum Gasteiger partial charge on any atom is 0.234 e. The smallest absolute Gasteiger partial charge is 0.234 e. The van der Waals surface area contributed by atoms with Gasteiger partial charge in [0.25, 0.3) is 0 Å². The molecule has 0 amide bonds. The number of allylic oxidation sites excluding steroid dienone is 7. The molecule has 4 nitrogen and oxygen atoms in total. The molecule has 0 unspecified atom stereocenters. The molecular weight excluding hydrogens is 322 g/mol. The van der Waals surface area contributed by atoms with Gasteiger partial charge in [0.15, 0.2) is 6.29 Å². The fourth-order valence-corrected chi connectivity index (χ4v) is 2.72. The Bertz CT molecular complexity index is 742. The summed E-state index contributed by atoms with van der Waals surface area (Å²) in [6.45, 7) is 7.84. The van der Waals surface area contributed by atoms with Crippen molar-refractivity contribution < 1.29 is 4.79 Å². The molecule has 0 aromatic carbocycles. The summed E-state index contributed by atoms with van der Waals surface area (Å²) in [5, 5.41) is 0.549. The predicted octanol–water partition coefficient (Wildman–Crippen LogP) is 4.93. The van der Waals surface area contributed by atoms with Crippen LogP contribution >= 0.6 is 11.6 Å². The maximum absolute atomic E-state index is 10.9. The molecule has 5 heteroatoms. The Hall–Kier alpha value is -2.46. The van der Waals surface area contributed by atoms with Crippen LogP contribution in [-0.2, 0) is 0 Å². The molecule has 0 fully saturated rings. The molecule has 2 rings (SSSR count). The third kappa shape index (κ3) is 4.09. The second-order valence-corrected chi connectivity index (χ2v) is 5.76. The number of hydrogen-bond acceptors (Lipinski definition) is 4. The van der Waals surface area contributed by atoms with E-state index in [-0.39, 0.29) is 0 Å². The molecule has 1 aliphatic rings. The van der Waals surface area contributed by atoms with E-state index >= 15 is 0 Å². The van der Waals surface area contributed by atoms with Crippen LogP contribution in [-0.4, -0.2) is 16.3 Å².